The van der Waals surface area contributed by atoms with E-state index in [-0.39, 0.29) is 30.3 Å². The molecule has 128 valence electrons. The van der Waals surface area contributed by atoms with Crippen LogP contribution in [-0.4, -0.2) is 35.2 Å². The monoisotopic (exact) mass is 320 g/mol. The van der Waals surface area contributed by atoms with Crippen LogP contribution in [0.3, 0.4) is 0 Å². The molecule has 0 aromatic carbocycles. The Kier molecular flexibility index (Phi) is 4.74. The Morgan fingerprint density at radius 2 is 1.83 bits per heavy atom. The molecule has 1 spiro atoms. The molecule has 5 nitrogen and oxygen atoms in total. The predicted octanol–water partition coefficient (Wildman–Crippen LogP) is 2.39. The molecule has 3 fully saturated rings. The average molecular weight is 320 g/mol. The first-order chi connectivity index (χ1) is 11.0. The number of rotatable bonds is 3. The van der Waals surface area contributed by atoms with Gasteiger partial charge in [-0.1, -0.05) is 39.0 Å². The van der Waals surface area contributed by atoms with Gasteiger partial charge >= 0.3 is 0 Å². The molecular formula is C18H28N2O3. The second-order valence-corrected chi connectivity index (χ2v) is 7.74. The molecule has 2 saturated carbocycles. The molecule has 1 aliphatic heterocycles. The standard InChI is InChI=1S/C18H28N2O3/c1-13-7-3-4-8-14(13)19-15(21)12-20-16(22)11-18(17(20)23)9-5-2-6-10-18/h13-14H,2-12H2,1H3,(H,19,21)/t13-,14+/m1/s1. The van der Waals surface area contributed by atoms with Crippen LogP contribution in [0.5, 0.6) is 0 Å². The minimum absolute atomic E-state index is 0.0946. The van der Waals surface area contributed by atoms with E-state index in [1.807, 2.05) is 0 Å². The molecule has 0 aromatic heterocycles. The van der Waals surface area contributed by atoms with Crippen molar-refractivity contribution in [2.45, 2.75) is 77.2 Å². The van der Waals surface area contributed by atoms with Gasteiger partial charge in [0.1, 0.15) is 6.54 Å². The number of imide groups is 1. The highest BCUT2D eigenvalue weighted by molar-refractivity contribution is 6.08. The lowest BCUT2D eigenvalue weighted by atomic mass is 9.73. The summed E-state index contributed by atoms with van der Waals surface area (Å²) in [6.45, 7) is 2.07. The second kappa shape index (κ2) is 6.62. The van der Waals surface area contributed by atoms with Crippen molar-refractivity contribution in [3.05, 3.63) is 0 Å². The summed E-state index contributed by atoms with van der Waals surface area (Å²) in [4.78, 5) is 38.5. The first kappa shape index (κ1) is 16.5. The topological polar surface area (TPSA) is 66.5 Å². The Balaban J connectivity index is 1.59. The van der Waals surface area contributed by atoms with Gasteiger partial charge in [-0.25, -0.2) is 0 Å². The molecule has 1 N–H and O–H groups in total. The van der Waals surface area contributed by atoms with Gasteiger partial charge in [0.05, 0.1) is 5.41 Å². The number of carbonyl (C=O) groups excluding carboxylic acids is 3. The van der Waals surface area contributed by atoms with Gasteiger partial charge in [0.25, 0.3) is 0 Å². The second-order valence-electron chi connectivity index (χ2n) is 7.74. The van der Waals surface area contributed by atoms with Crippen molar-refractivity contribution in [3.8, 4) is 0 Å². The lowest BCUT2D eigenvalue weighted by molar-refractivity contribution is -0.145. The van der Waals surface area contributed by atoms with E-state index in [1.165, 1.54) is 11.3 Å². The van der Waals surface area contributed by atoms with Crippen LogP contribution in [0.15, 0.2) is 0 Å². The smallest absolute Gasteiger partial charge is 0.240 e. The van der Waals surface area contributed by atoms with Crippen LogP contribution in [0.4, 0.5) is 0 Å². The van der Waals surface area contributed by atoms with Gasteiger partial charge in [-0.05, 0) is 31.6 Å². The van der Waals surface area contributed by atoms with Crippen LogP contribution in [0.2, 0.25) is 0 Å². The quantitative estimate of drug-likeness (QED) is 0.812. The van der Waals surface area contributed by atoms with Crippen molar-refractivity contribution in [1.82, 2.24) is 10.2 Å². The van der Waals surface area contributed by atoms with Crippen molar-refractivity contribution in [2.24, 2.45) is 11.3 Å². The summed E-state index contributed by atoms with van der Waals surface area (Å²) in [6, 6.07) is 0.188. The molecule has 0 unspecified atom stereocenters. The van der Waals surface area contributed by atoms with Gasteiger partial charge in [0.2, 0.25) is 17.7 Å². The van der Waals surface area contributed by atoms with Crippen molar-refractivity contribution in [3.63, 3.8) is 0 Å². The first-order valence-electron chi connectivity index (χ1n) is 9.16. The molecule has 3 amide bonds. The largest absolute Gasteiger partial charge is 0.352 e. The highest BCUT2D eigenvalue weighted by Crippen LogP contribution is 2.45. The molecule has 0 radical (unpaired) electrons. The fourth-order valence-electron chi connectivity index (χ4n) is 4.57. The summed E-state index contributed by atoms with van der Waals surface area (Å²) in [6.07, 6.45) is 9.57. The van der Waals surface area contributed by atoms with E-state index in [0.717, 1.165) is 51.4 Å². The molecule has 5 heteroatoms. The molecule has 1 heterocycles. The lowest BCUT2D eigenvalue weighted by Gasteiger charge is -2.31. The fraction of sp³-hybridized carbons (Fsp3) is 0.833. The van der Waals surface area contributed by atoms with Crippen LogP contribution >= 0.6 is 0 Å². The average Bonchev–Trinajstić information content (AvgIpc) is 2.75. The number of nitrogens with one attached hydrogen (secondary N) is 1. The first-order valence-corrected chi connectivity index (χ1v) is 9.16. The van der Waals surface area contributed by atoms with Gasteiger partial charge in [0, 0.05) is 12.5 Å². The summed E-state index contributed by atoms with van der Waals surface area (Å²) in [7, 11) is 0. The van der Waals surface area contributed by atoms with Gasteiger partial charge < -0.3 is 5.32 Å². The Morgan fingerprint density at radius 1 is 1.13 bits per heavy atom. The van der Waals surface area contributed by atoms with Crippen molar-refractivity contribution >= 4 is 17.7 Å². The zero-order valence-electron chi connectivity index (χ0n) is 14.1. The summed E-state index contributed by atoms with van der Waals surface area (Å²) in [5.74, 6) is 0.0264. The summed E-state index contributed by atoms with van der Waals surface area (Å²) in [5.41, 5.74) is -0.492. The van der Waals surface area contributed by atoms with E-state index in [4.69, 9.17) is 0 Å². The normalized spacial score (nSPS) is 30.7. The summed E-state index contributed by atoms with van der Waals surface area (Å²) < 4.78 is 0. The van der Waals surface area contributed by atoms with E-state index in [0.29, 0.717) is 12.3 Å². The molecule has 2 aliphatic carbocycles. The molecular weight excluding hydrogens is 292 g/mol. The minimum Gasteiger partial charge on any atom is -0.352 e. The third kappa shape index (κ3) is 3.29. The maximum Gasteiger partial charge on any atom is 0.240 e. The van der Waals surface area contributed by atoms with Crippen LogP contribution in [0.1, 0.15) is 71.1 Å². The van der Waals surface area contributed by atoms with Crippen molar-refractivity contribution in [2.75, 3.05) is 6.54 Å². The summed E-state index contributed by atoms with van der Waals surface area (Å²) >= 11 is 0. The SMILES string of the molecule is C[C@@H]1CCCC[C@@H]1NC(=O)CN1C(=O)CC2(CCCCC2)C1=O. The lowest BCUT2D eigenvalue weighted by Crippen LogP contribution is -2.47. The minimum atomic E-state index is -0.492. The third-order valence-electron chi connectivity index (χ3n) is 6.06. The van der Waals surface area contributed by atoms with Gasteiger partial charge in [-0.15, -0.1) is 0 Å². The molecule has 0 aromatic rings. The van der Waals surface area contributed by atoms with Gasteiger partial charge in [-0.3, -0.25) is 19.3 Å². The van der Waals surface area contributed by atoms with E-state index < -0.39 is 5.41 Å². The maximum atomic E-state index is 12.7. The van der Waals surface area contributed by atoms with Crippen LogP contribution in [0, 0.1) is 11.3 Å². The van der Waals surface area contributed by atoms with E-state index in [9.17, 15) is 14.4 Å². The van der Waals surface area contributed by atoms with Crippen molar-refractivity contribution in [1.29, 1.82) is 0 Å². The molecule has 3 rings (SSSR count). The zero-order valence-corrected chi connectivity index (χ0v) is 14.1. The van der Waals surface area contributed by atoms with Crippen molar-refractivity contribution < 1.29 is 14.4 Å². The number of nitrogens with zero attached hydrogens (tertiary/aromatic N) is 1. The van der Waals surface area contributed by atoms with Gasteiger partial charge in [-0.2, -0.15) is 0 Å². The Labute approximate surface area is 138 Å². The Morgan fingerprint density at radius 3 is 2.52 bits per heavy atom. The zero-order chi connectivity index (χ0) is 16.4. The molecule has 3 aliphatic rings. The molecule has 2 atom stereocenters. The van der Waals surface area contributed by atoms with E-state index in [1.54, 1.807) is 0 Å². The molecule has 1 saturated heterocycles. The molecule has 23 heavy (non-hydrogen) atoms. The number of likely N-dealkylation sites (tertiary alicyclic amines) is 1. The number of hydrogen-bond donors (Lipinski definition) is 1. The van der Waals surface area contributed by atoms with Crippen LogP contribution < -0.4 is 5.32 Å². The Hall–Kier alpha value is -1.39. The number of amides is 3. The maximum absolute atomic E-state index is 12.7. The summed E-state index contributed by atoms with van der Waals surface area (Å²) in [5, 5.41) is 3.04. The predicted molar refractivity (Wildman–Crippen MR) is 86.4 cm³/mol. The number of hydrogen-bond acceptors (Lipinski definition) is 3. The molecule has 0 bridgehead atoms. The number of carbonyl (C=O) groups is 3. The fourth-order valence-corrected chi connectivity index (χ4v) is 4.57. The van der Waals surface area contributed by atoms with Crippen LogP contribution in [0.25, 0.3) is 0 Å². The van der Waals surface area contributed by atoms with Crippen LogP contribution in [-0.2, 0) is 14.4 Å². The Bertz CT molecular complexity index is 496. The highest BCUT2D eigenvalue weighted by Gasteiger charge is 2.51. The van der Waals surface area contributed by atoms with E-state index in [2.05, 4.69) is 12.2 Å². The third-order valence-corrected chi connectivity index (χ3v) is 6.06. The van der Waals surface area contributed by atoms with Gasteiger partial charge in [0.15, 0.2) is 0 Å². The van der Waals surface area contributed by atoms with E-state index >= 15 is 0 Å². The highest BCUT2D eigenvalue weighted by atomic mass is 16.2.